The molecule has 0 aromatic heterocycles. The second-order valence-electron chi connectivity index (χ2n) is 5.18. The van der Waals surface area contributed by atoms with E-state index in [1.54, 1.807) is 12.1 Å². The first-order valence-electron chi connectivity index (χ1n) is 6.67. The summed E-state index contributed by atoms with van der Waals surface area (Å²) in [4.78, 5) is 2.03. The van der Waals surface area contributed by atoms with E-state index in [1.165, 1.54) is 0 Å². The van der Waals surface area contributed by atoms with Gasteiger partial charge < -0.3 is 19.4 Å². The molecule has 116 valence electrons. The maximum atomic E-state index is 9.60. The Labute approximate surface area is 144 Å². The molecule has 0 amide bonds. The van der Waals surface area contributed by atoms with Gasteiger partial charge in [-0.25, -0.2) is 0 Å². The van der Waals surface area contributed by atoms with Gasteiger partial charge in [-0.3, -0.25) is 0 Å². The summed E-state index contributed by atoms with van der Waals surface area (Å²) in [7, 11) is 0. The fourth-order valence-corrected chi connectivity index (χ4v) is 4.55. The molecule has 5 N–H and O–H groups in total. The molecule has 0 atom stereocenters. The summed E-state index contributed by atoms with van der Waals surface area (Å²) in [6.45, 7) is 0. The minimum atomic E-state index is 0.587. The van der Waals surface area contributed by atoms with E-state index in [9.17, 15) is 13.7 Å². The summed E-state index contributed by atoms with van der Waals surface area (Å²) in [6.07, 6.45) is 0. The molecule has 0 aliphatic rings. The molecular formula is C16H11NO3S3. The minimum absolute atomic E-state index is 0.587. The maximum absolute atomic E-state index is 9.60. The molecule has 0 saturated heterocycles. The molecule has 0 heterocycles. The Morgan fingerprint density at radius 2 is 1.00 bits per heavy atom. The first kappa shape index (κ1) is 15.2. The van der Waals surface area contributed by atoms with Gasteiger partial charge in [-0.2, -0.15) is 0 Å². The van der Waals surface area contributed by atoms with Crippen molar-refractivity contribution in [2.45, 2.75) is 14.7 Å². The lowest BCUT2D eigenvalue weighted by atomic mass is 9.93. The van der Waals surface area contributed by atoms with Crippen LogP contribution in [0.5, 0.6) is 0 Å². The normalized spacial score (nSPS) is 12.0. The first-order valence-corrected chi connectivity index (χ1v) is 9.00. The van der Waals surface area contributed by atoms with E-state index >= 15 is 0 Å². The van der Waals surface area contributed by atoms with Crippen molar-refractivity contribution in [1.29, 1.82) is 0 Å². The van der Waals surface area contributed by atoms with Crippen LogP contribution in [0, 0.1) is 0 Å². The number of rotatable bonds is 3. The standard InChI is InChI=1S/C16H11NO3S3/c17-11-5-12(21-18)8-3-4-10-14(23-20)6-13(22-19)9-2-1-7(11)15(8)16(9)10/h1-6,18-20H,17H2. The highest BCUT2D eigenvalue weighted by molar-refractivity contribution is 7.95. The highest BCUT2D eigenvalue weighted by atomic mass is 32.2. The van der Waals surface area contributed by atoms with Crippen LogP contribution in [0.1, 0.15) is 0 Å². The summed E-state index contributed by atoms with van der Waals surface area (Å²) in [5.74, 6) is 0. The second-order valence-corrected chi connectivity index (χ2v) is 7.05. The van der Waals surface area contributed by atoms with E-state index in [1.807, 2.05) is 24.3 Å². The quantitative estimate of drug-likeness (QED) is 0.206. The topological polar surface area (TPSA) is 86.7 Å². The molecule has 0 unspecified atom stereocenters. The zero-order valence-electron chi connectivity index (χ0n) is 11.6. The summed E-state index contributed by atoms with van der Waals surface area (Å²) in [5, 5.41) is 5.44. The van der Waals surface area contributed by atoms with Gasteiger partial charge in [0, 0.05) is 67.3 Å². The molecule has 0 saturated carbocycles. The lowest BCUT2D eigenvalue weighted by Gasteiger charge is -2.17. The molecular weight excluding hydrogens is 350 g/mol. The van der Waals surface area contributed by atoms with Crippen LogP contribution in [0.3, 0.4) is 0 Å². The van der Waals surface area contributed by atoms with Gasteiger partial charge in [0.2, 0.25) is 0 Å². The highest BCUT2D eigenvalue weighted by Crippen LogP contribution is 2.45. The van der Waals surface area contributed by atoms with Crippen LogP contribution < -0.4 is 5.73 Å². The van der Waals surface area contributed by atoms with Gasteiger partial charge in [0.05, 0.1) is 0 Å². The number of benzene rings is 4. The maximum Gasteiger partial charge on any atom is 0.0450 e. The van der Waals surface area contributed by atoms with Crippen LogP contribution in [0.2, 0.25) is 0 Å². The van der Waals surface area contributed by atoms with Crippen molar-refractivity contribution in [3.8, 4) is 0 Å². The summed E-state index contributed by atoms with van der Waals surface area (Å²) < 4.78 is 28.8. The van der Waals surface area contributed by atoms with E-state index in [0.717, 1.165) is 32.3 Å². The molecule has 4 rings (SSSR count). The third kappa shape index (κ3) is 2.09. The molecule has 23 heavy (non-hydrogen) atoms. The molecule has 0 radical (unpaired) electrons. The van der Waals surface area contributed by atoms with Crippen molar-refractivity contribution in [2.24, 2.45) is 0 Å². The Balaban J connectivity index is 2.35. The predicted molar refractivity (Wildman–Crippen MR) is 100 cm³/mol. The molecule has 0 aliphatic heterocycles. The van der Waals surface area contributed by atoms with Crippen molar-refractivity contribution in [3.05, 3.63) is 36.4 Å². The summed E-state index contributed by atoms with van der Waals surface area (Å²) in [6, 6.07) is 11.2. The third-order valence-electron chi connectivity index (χ3n) is 4.11. The van der Waals surface area contributed by atoms with Crippen molar-refractivity contribution >= 4 is 74.1 Å². The smallest absolute Gasteiger partial charge is 0.0450 e. The Kier molecular flexibility index (Phi) is 3.72. The summed E-state index contributed by atoms with van der Waals surface area (Å²) in [5.41, 5.74) is 6.74. The van der Waals surface area contributed by atoms with Gasteiger partial charge in [-0.15, -0.1) is 0 Å². The summed E-state index contributed by atoms with van der Waals surface area (Å²) >= 11 is 1.98. The van der Waals surface area contributed by atoms with Crippen LogP contribution in [-0.2, 0) is 0 Å². The number of hydrogen-bond donors (Lipinski definition) is 4. The van der Waals surface area contributed by atoms with Crippen LogP contribution in [0.4, 0.5) is 5.69 Å². The number of nitrogens with two attached hydrogens (primary N) is 1. The Bertz CT molecular complexity index is 1030. The van der Waals surface area contributed by atoms with Crippen molar-refractivity contribution < 1.29 is 13.7 Å². The largest absolute Gasteiger partial charge is 0.398 e. The molecule has 0 bridgehead atoms. The third-order valence-corrected chi connectivity index (χ3v) is 5.72. The minimum Gasteiger partial charge on any atom is -0.398 e. The van der Waals surface area contributed by atoms with Gasteiger partial charge in [-0.1, -0.05) is 24.3 Å². The molecule has 4 aromatic rings. The molecule has 4 aromatic carbocycles. The fourth-order valence-electron chi connectivity index (χ4n) is 3.15. The van der Waals surface area contributed by atoms with Crippen molar-refractivity contribution in [1.82, 2.24) is 0 Å². The average molecular weight is 361 g/mol. The van der Waals surface area contributed by atoms with Crippen LogP contribution in [0.25, 0.3) is 32.3 Å². The molecule has 7 heteroatoms. The van der Waals surface area contributed by atoms with Gasteiger partial charge in [0.15, 0.2) is 0 Å². The van der Waals surface area contributed by atoms with E-state index in [4.69, 9.17) is 5.73 Å². The Morgan fingerprint density at radius 1 is 0.609 bits per heavy atom. The number of hydrogen-bond acceptors (Lipinski definition) is 7. The van der Waals surface area contributed by atoms with Crippen LogP contribution >= 0.6 is 36.1 Å². The predicted octanol–water partition coefficient (Wildman–Crippen LogP) is 5.86. The van der Waals surface area contributed by atoms with E-state index in [2.05, 4.69) is 0 Å². The zero-order valence-corrected chi connectivity index (χ0v) is 14.1. The fraction of sp³-hybridized carbons (Fsp3) is 0. The lowest BCUT2D eigenvalue weighted by Crippen LogP contribution is -1.93. The SMILES string of the molecule is Nc1cc(SO)c2ccc3c(SO)cc(SO)c4ccc1c2c43. The molecule has 0 fully saturated rings. The van der Waals surface area contributed by atoms with Crippen LogP contribution in [-0.4, -0.2) is 13.7 Å². The van der Waals surface area contributed by atoms with Gasteiger partial charge in [0.25, 0.3) is 0 Å². The van der Waals surface area contributed by atoms with E-state index < -0.39 is 0 Å². The average Bonchev–Trinajstić information content (AvgIpc) is 2.60. The van der Waals surface area contributed by atoms with E-state index in [0.29, 0.717) is 56.5 Å². The zero-order chi connectivity index (χ0) is 16.1. The van der Waals surface area contributed by atoms with Gasteiger partial charge in [-0.05, 0) is 33.7 Å². The molecule has 0 spiro atoms. The van der Waals surface area contributed by atoms with E-state index in [-0.39, 0.29) is 0 Å². The van der Waals surface area contributed by atoms with Gasteiger partial charge in [0.1, 0.15) is 0 Å². The lowest BCUT2D eigenvalue weighted by molar-refractivity contribution is 0.662. The molecule has 0 aliphatic carbocycles. The van der Waals surface area contributed by atoms with Crippen molar-refractivity contribution in [2.75, 3.05) is 5.73 Å². The first-order chi connectivity index (χ1) is 11.2. The molecule has 4 nitrogen and oxygen atoms in total. The highest BCUT2D eigenvalue weighted by Gasteiger charge is 2.18. The van der Waals surface area contributed by atoms with Crippen molar-refractivity contribution in [3.63, 3.8) is 0 Å². The monoisotopic (exact) mass is 361 g/mol. The number of anilines is 1. The number of nitrogen functional groups attached to an aromatic ring is 1. The Morgan fingerprint density at radius 3 is 1.48 bits per heavy atom. The van der Waals surface area contributed by atoms with Crippen LogP contribution in [0.15, 0.2) is 51.1 Å². The Hall–Kier alpha value is -1.35. The second kappa shape index (κ2) is 5.62. The van der Waals surface area contributed by atoms with Gasteiger partial charge >= 0.3 is 0 Å².